The molecule has 0 aliphatic carbocycles. The number of ketones is 1. The second-order valence-corrected chi connectivity index (χ2v) is 6.98. The van der Waals surface area contributed by atoms with E-state index in [-0.39, 0.29) is 11.3 Å². The van der Waals surface area contributed by atoms with Crippen LogP contribution in [0.3, 0.4) is 0 Å². The Kier molecular flexibility index (Phi) is 4.53. The number of hydrogen-bond acceptors (Lipinski definition) is 3. The minimum atomic E-state index is 0.0618. The summed E-state index contributed by atoms with van der Waals surface area (Å²) >= 11 is 0. The number of likely N-dealkylation sites (tertiary alicyclic amines) is 1. The highest BCUT2D eigenvalue weighted by atomic mass is 16.2. The lowest BCUT2D eigenvalue weighted by Crippen LogP contribution is -2.53. The van der Waals surface area contributed by atoms with E-state index in [9.17, 15) is 9.59 Å². The van der Waals surface area contributed by atoms with E-state index in [0.717, 1.165) is 39.0 Å². The highest BCUT2D eigenvalue weighted by Gasteiger charge is 2.42. The molecule has 0 bridgehead atoms. The van der Waals surface area contributed by atoms with Crippen molar-refractivity contribution in [3.63, 3.8) is 0 Å². The maximum atomic E-state index is 12.0. The van der Waals surface area contributed by atoms with Crippen LogP contribution in [-0.2, 0) is 21.5 Å². The van der Waals surface area contributed by atoms with Crippen LogP contribution in [-0.4, -0.2) is 47.7 Å². The number of rotatable bonds is 3. The highest BCUT2D eigenvalue weighted by molar-refractivity contribution is 5.80. The second kappa shape index (κ2) is 6.44. The van der Waals surface area contributed by atoms with E-state index < -0.39 is 0 Å². The third-order valence-electron chi connectivity index (χ3n) is 5.50. The summed E-state index contributed by atoms with van der Waals surface area (Å²) in [5.41, 5.74) is 2.76. The van der Waals surface area contributed by atoms with E-state index in [2.05, 4.69) is 29.2 Å². The van der Waals surface area contributed by atoms with Crippen molar-refractivity contribution < 1.29 is 9.59 Å². The van der Waals surface area contributed by atoms with Crippen LogP contribution >= 0.6 is 0 Å². The smallest absolute Gasteiger partial charge is 0.219 e. The number of hydrogen-bond donors (Lipinski definition) is 0. The molecule has 0 N–H and O–H groups in total. The van der Waals surface area contributed by atoms with Crippen LogP contribution < -0.4 is 0 Å². The van der Waals surface area contributed by atoms with Gasteiger partial charge in [0.2, 0.25) is 5.91 Å². The van der Waals surface area contributed by atoms with Gasteiger partial charge in [0, 0.05) is 31.8 Å². The predicted octanol–water partition coefficient (Wildman–Crippen LogP) is 2.36. The molecule has 2 aliphatic heterocycles. The molecule has 1 aromatic carbocycles. The van der Waals surface area contributed by atoms with Gasteiger partial charge in [-0.1, -0.05) is 31.2 Å². The average Bonchev–Trinajstić information content (AvgIpc) is 2.57. The molecule has 4 nitrogen and oxygen atoms in total. The minimum absolute atomic E-state index is 0.0618. The molecule has 2 aliphatic rings. The zero-order valence-corrected chi connectivity index (χ0v) is 14.2. The van der Waals surface area contributed by atoms with Gasteiger partial charge in [-0.15, -0.1) is 0 Å². The fraction of sp³-hybridized carbons (Fsp3) is 0.579. The Labute approximate surface area is 138 Å². The second-order valence-electron chi connectivity index (χ2n) is 6.98. The highest BCUT2D eigenvalue weighted by Crippen LogP contribution is 2.41. The van der Waals surface area contributed by atoms with Gasteiger partial charge in [0.05, 0.1) is 6.54 Å². The van der Waals surface area contributed by atoms with Crippen LogP contribution in [0, 0.1) is 0 Å². The Morgan fingerprint density at radius 3 is 2.52 bits per heavy atom. The zero-order chi connectivity index (χ0) is 16.4. The van der Waals surface area contributed by atoms with Gasteiger partial charge in [0.25, 0.3) is 0 Å². The van der Waals surface area contributed by atoms with Crippen molar-refractivity contribution in [2.75, 3.05) is 26.2 Å². The van der Waals surface area contributed by atoms with Gasteiger partial charge in [0.1, 0.15) is 5.78 Å². The van der Waals surface area contributed by atoms with Crippen LogP contribution in [0.25, 0.3) is 0 Å². The lowest BCUT2D eigenvalue weighted by Gasteiger charge is -2.48. The van der Waals surface area contributed by atoms with Gasteiger partial charge in [-0.05, 0) is 37.1 Å². The first-order valence-corrected chi connectivity index (χ1v) is 8.62. The van der Waals surface area contributed by atoms with Crippen molar-refractivity contribution in [1.82, 2.24) is 9.80 Å². The Morgan fingerprint density at radius 1 is 1.17 bits per heavy atom. The van der Waals surface area contributed by atoms with Crippen LogP contribution in [0.5, 0.6) is 0 Å². The minimum Gasteiger partial charge on any atom is -0.338 e. The molecule has 0 radical (unpaired) electrons. The monoisotopic (exact) mass is 314 g/mol. The molecule has 1 spiro atoms. The number of amides is 1. The lowest BCUT2D eigenvalue weighted by atomic mass is 9.69. The zero-order valence-electron chi connectivity index (χ0n) is 14.2. The summed E-state index contributed by atoms with van der Waals surface area (Å²) in [6.07, 6.45) is 2.65. The van der Waals surface area contributed by atoms with Crippen molar-refractivity contribution in [2.45, 2.75) is 45.1 Å². The molecular formula is C19H26N2O2. The van der Waals surface area contributed by atoms with Crippen molar-refractivity contribution >= 4 is 11.7 Å². The maximum absolute atomic E-state index is 12.0. The molecule has 0 atom stereocenters. The fourth-order valence-electron chi connectivity index (χ4n) is 4.04. The summed E-state index contributed by atoms with van der Waals surface area (Å²) in [6.45, 7) is 7.58. The Hall–Kier alpha value is -1.68. The van der Waals surface area contributed by atoms with Crippen LogP contribution in [0.15, 0.2) is 24.3 Å². The molecule has 124 valence electrons. The fourth-order valence-corrected chi connectivity index (χ4v) is 4.04. The molecule has 1 fully saturated rings. The number of benzene rings is 1. The number of carbonyl (C=O) groups excluding carboxylic acids is 2. The molecule has 1 aromatic rings. The summed E-state index contributed by atoms with van der Waals surface area (Å²) in [5, 5.41) is 0. The van der Waals surface area contributed by atoms with Gasteiger partial charge in [-0.25, -0.2) is 0 Å². The van der Waals surface area contributed by atoms with E-state index in [0.29, 0.717) is 18.7 Å². The third-order valence-corrected chi connectivity index (χ3v) is 5.50. The topological polar surface area (TPSA) is 40.6 Å². The summed E-state index contributed by atoms with van der Waals surface area (Å²) < 4.78 is 0. The number of fused-ring (bicyclic) bond motifs is 2. The summed E-state index contributed by atoms with van der Waals surface area (Å²) in [6, 6.07) is 8.56. The SMILES string of the molecule is CCC(=O)CN1CCC2(CC1)CN(C(C)=O)Cc1ccccc12. The van der Waals surface area contributed by atoms with Gasteiger partial charge in [-0.3, -0.25) is 14.5 Å². The molecule has 3 rings (SSSR count). The van der Waals surface area contributed by atoms with Crippen LogP contribution in [0.1, 0.15) is 44.2 Å². The van der Waals surface area contributed by atoms with E-state index >= 15 is 0 Å². The van der Waals surface area contributed by atoms with Crippen molar-refractivity contribution in [3.05, 3.63) is 35.4 Å². The van der Waals surface area contributed by atoms with E-state index in [4.69, 9.17) is 0 Å². The van der Waals surface area contributed by atoms with Crippen LogP contribution in [0.2, 0.25) is 0 Å². The largest absolute Gasteiger partial charge is 0.338 e. The molecule has 1 amide bonds. The predicted molar refractivity (Wildman–Crippen MR) is 90.2 cm³/mol. The van der Waals surface area contributed by atoms with Crippen LogP contribution in [0.4, 0.5) is 0 Å². The molecular weight excluding hydrogens is 288 g/mol. The molecule has 23 heavy (non-hydrogen) atoms. The first kappa shape index (κ1) is 16.2. The molecule has 1 saturated heterocycles. The van der Waals surface area contributed by atoms with Crippen molar-refractivity contribution in [3.8, 4) is 0 Å². The molecule has 4 heteroatoms. The number of nitrogens with zero attached hydrogens (tertiary/aromatic N) is 2. The molecule has 0 saturated carbocycles. The quantitative estimate of drug-likeness (QED) is 0.860. The van der Waals surface area contributed by atoms with E-state index in [1.807, 2.05) is 11.8 Å². The van der Waals surface area contributed by atoms with Gasteiger partial charge < -0.3 is 4.90 Å². The summed E-state index contributed by atoms with van der Waals surface area (Å²) in [4.78, 5) is 27.9. The lowest BCUT2D eigenvalue weighted by molar-refractivity contribution is -0.131. The first-order chi connectivity index (χ1) is 11.0. The van der Waals surface area contributed by atoms with Crippen molar-refractivity contribution in [2.24, 2.45) is 0 Å². The van der Waals surface area contributed by atoms with Gasteiger partial charge in [0.15, 0.2) is 0 Å². The Bertz CT molecular complexity index is 603. The number of Topliss-reactive ketones (excluding diaryl/α,β-unsaturated/α-hetero) is 1. The number of piperidine rings is 1. The molecule has 2 heterocycles. The van der Waals surface area contributed by atoms with Crippen molar-refractivity contribution in [1.29, 1.82) is 0 Å². The Morgan fingerprint density at radius 2 is 1.87 bits per heavy atom. The average molecular weight is 314 g/mol. The first-order valence-electron chi connectivity index (χ1n) is 8.62. The maximum Gasteiger partial charge on any atom is 0.219 e. The molecule has 0 unspecified atom stereocenters. The summed E-state index contributed by atoms with van der Waals surface area (Å²) in [5.74, 6) is 0.470. The van der Waals surface area contributed by atoms with Gasteiger partial charge >= 0.3 is 0 Å². The molecule has 0 aromatic heterocycles. The van der Waals surface area contributed by atoms with E-state index in [1.165, 1.54) is 11.1 Å². The summed E-state index contributed by atoms with van der Waals surface area (Å²) in [7, 11) is 0. The Balaban J connectivity index is 1.81. The normalized spacial score (nSPS) is 20.3. The third kappa shape index (κ3) is 3.18. The standard InChI is InChI=1S/C19H26N2O2/c1-3-17(23)13-20-10-8-19(9-11-20)14-21(15(2)22)12-16-6-4-5-7-18(16)19/h4-7H,3,8-14H2,1-2H3. The number of carbonyl (C=O) groups is 2. The van der Waals surface area contributed by atoms with E-state index in [1.54, 1.807) is 6.92 Å². The van der Waals surface area contributed by atoms with Gasteiger partial charge in [-0.2, -0.15) is 0 Å².